The van der Waals surface area contributed by atoms with Gasteiger partial charge in [0.05, 0.1) is 18.7 Å². The van der Waals surface area contributed by atoms with Gasteiger partial charge in [-0.25, -0.2) is 4.99 Å². The number of halogens is 2. The van der Waals surface area contributed by atoms with Crippen LogP contribution in [0.1, 0.15) is 5.56 Å². The largest absolute Gasteiger partial charge is 0.495 e. The lowest BCUT2D eigenvalue weighted by atomic mass is 10.1. The van der Waals surface area contributed by atoms with E-state index in [2.05, 4.69) is 34.6 Å². The molecule has 0 saturated carbocycles. The van der Waals surface area contributed by atoms with Gasteiger partial charge in [0, 0.05) is 5.69 Å². The average molecular weight is 468 g/mol. The third kappa shape index (κ3) is 4.76. The van der Waals surface area contributed by atoms with Gasteiger partial charge in [0.1, 0.15) is 5.75 Å². The molecule has 0 aliphatic rings. The molecule has 0 bridgehead atoms. The van der Waals surface area contributed by atoms with Crippen molar-refractivity contribution in [2.75, 3.05) is 12.4 Å². The van der Waals surface area contributed by atoms with Crippen molar-refractivity contribution in [2.24, 2.45) is 10.7 Å². The van der Waals surface area contributed by atoms with Gasteiger partial charge < -0.3 is 15.8 Å². The van der Waals surface area contributed by atoms with Crippen LogP contribution in [-0.2, 0) is 6.54 Å². The summed E-state index contributed by atoms with van der Waals surface area (Å²) in [5.41, 5.74) is 7.88. The highest BCUT2D eigenvalue weighted by Gasteiger charge is 2.03. The molecule has 25 heavy (non-hydrogen) atoms. The molecule has 3 N–H and O–H groups in total. The summed E-state index contributed by atoms with van der Waals surface area (Å²) >= 11 is 6.11. The minimum Gasteiger partial charge on any atom is -0.495 e. The standard InChI is InChI=1S/C19H18ClN3O.HI/c1-24-18-10-9-15(11-17(18)20)23-19(21)22-12-14-7-4-6-13-5-2-3-8-16(13)14;/h2-11H,12H2,1H3,(H3,21,22,23);1H. The molecule has 0 unspecified atom stereocenters. The van der Waals surface area contributed by atoms with Gasteiger partial charge in [-0.05, 0) is 34.5 Å². The summed E-state index contributed by atoms with van der Waals surface area (Å²) in [6.45, 7) is 0.504. The molecule has 3 aromatic rings. The Balaban J connectivity index is 0.00000225. The molecule has 0 aliphatic heterocycles. The second-order valence-corrected chi connectivity index (χ2v) is 5.72. The van der Waals surface area contributed by atoms with Crippen LogP contribution in [0.3, 0.4) is 0 Å². The van der Waals surface area contributed by atoms with Gasteiger partial charge in [0.15, 0.2) is 5.96 Å². The quantitative estimate of drug-likeness (QED) is 0.321. The van der Waals surface area contributed by atoms with Gasteiger partial charge in [-0.15, -0.1) is 24.0 Å². The van der Waals surface area contributed by atoms with E-state index in [0.717, 1.165) is 11.3 Å². The third-order valence-corrected chi connectivity index (χ3v) is 4.02. The highest BCUT2D eigenvalue weighted by molar-refractivity contribution is 14.0. The number of ether oxygens (including phenoxy) is 1. The van der Waals surface area contributed by atoms with Crippen molar-refractivity contribution >= 4 is 58.0 Å². The maximum absolute atomic E-state index is 6.11. The normalized spacial score (nSPS) is 11.0. The lowest BCUT2D eigenvalue weighted by Gasteiger charge is -2.09. The Kier molecular flexibility index (Phi) is 6.90. The van der Waals surface area contributed by atoms with Gasteiger partial charge in [0.25, 0.3) is 0 Å². The molecule has 4 nitrogen and oxygen atoms in total. The van der Waals surface area contributed by atoms with Crippen molar-refractivity contribution in [1.82, 2.24) is 0 Å². The number of rotatable bonds is 4. The third-order valence-electron chi connectivity index (χ3n) is 3.72. The molecule has 6 heteroatoms. The van der Waals surface area contributed by atoms with E-state index in [4.69, 9.17) is 22.1 Å². The molecule has 0 atom stereocenters. The first-order chi connectivity index (χ1) is 11.7. The van der Waals surface area contributed by atoms with Gasteiger partial charge in [-0.3, -0.25) is 0 Å². The number of hydrogen-bond donors (Lipinski definition) is 2. The van der Waals surface area contributed by atoms with Crippen molar-refractivity contribution < 1.29 is 4.74 Å². The van der Waals surface area contributed by atoms with Gasteiger partial charge in [-0.2, -0.15) is 0 Å². The molecule has 0 radical (unpaired) electrons. The molecule has 0 aromatic heterocycles. The van der Waals surface area contributed by atoms with E-state index in [0.29, 0.717) is 23.3 Å². The molecule has 3 rings (SSSR count). The van der Waals surface area contributed by atoms with E-state index in [1.165, 1.54) is 10.8 Å². The van der Waals surface area contributed by atoms with Crippen molar-refractivity contribution in [3.05, 3.63) is 71.2 Å². The summed E-state index contributed by atoms with van der Waals surface area (Å²) in [6, 6.07) is 19.8. The number of nitrogens with one attached hydrogen (secondary N) is 1. The van der Waals surface area contributed by atoms with Crippen LogP contribution in [0.5, 0.6) is 5.75 Å². The fourth-order valence-electron chi connectivity index (χ4n) is 2.53. The Hall–Kier alpha value is -1.99. The maximum Gasteiger partial charge on any atom is 0.193 e. The van der Waals surface area contributed by atoms with Crippen LogP contribution in [0.25, 0.3) is 10.8 Å². The van der Waals surface area contributed by atoms with Gasteiger partial charge in [-0.1, -0.05) is 54.1 Å². The number of nitrogens with two attached hydrogens (primary N) is 1. The van der Waals surface area contributed by atoms with Crippen LogP contribution < -0.4 is 15.8 Å². The summed E-state index contributed by atoms with van der Waals surface area (Å²) < 4.78 is 5.13. The molecule has 0 fully saturated rings. The minimum atomic E-state index is 0. The maximum atomic E-state index is 6.11. The van der Waals surface area contributed by atoms with Crippen LogP contribution in [0.4, 0.5) is 5.69 Å². The zero-order valence-electron chi connectivity index (χ0n) is 13.7. The SMILES string of the molecule is COc1ccc(NC(N)=NCc2cccc3ccccc23)cc1Cl.I. The van der Waals surface area contributed by atoms with E-state index in [1.54, 1.807) is 19.2 Å². The number of benzene rings is 3. The zero-order chi connectivity index (χ0) is 16.9. The monoisotopic (exact) mass is 467 g/mol. The molecule has 0 heterocycles. The van der Waals surface area contributed by atoms with Crippen molar-refractivity contribution in [3.63, 3.8) is 0 Å². The summed E-state index contributed by atoms with van der Waals surface area (Å²) in [5.74, 6) is 0.956. The Bertz CT molecular complexity index is 893. The van der Waals surface area contributed by atoms with Gasteiger partial charge in [0.2, 0.25) is 0 Å². The first-order valence-corrected chi connectivity index (χ1v) is 7.92. The number of guanidine groups is 1. The highest BCUT2D eigenvalue weighted by atomic mass is 127. The Morgan fingerprint density at radius 1 is 1.12 bits per heavy atom. The summed E-state index contributed by atoms with van der Waals surface area (Å²) in [5, 5.41) is 5.94. The van der Waals surface area contributed by atoms with E-state index in [1.807, 2.05) is 24.3 Å². The number of hydrogen-bond acceptors (Lipinski definition) is 2. The average Bonchev–Trinajstić information content (AvgIpc) is 2.60. The lowest BCUT2D eigenvalue weighted by molar-refractivity contribution is 0.415. The molecule has 0 amide bonds. The number of anilines is 1. The minimum absolute atomic E-state index is 0. The Morgan fingerprint density at radius 3 is 2.64 bits per heavy atom. The second-order valence-electron chi connectivity index (χ2n) is 5.31. The smallest absolute Gasteiger partial charge is 0.193 e. The predicted octanol–water partition coefficient (Wildman–Crippen LogP) is 5.05. The fourth-order valence-corrected chi connectivity index (χ4v) is 2.79. The van der Waals surface area contributed by atoms with Crippen LogP contribution in [0.2, 0.25) is 5.02 Å². The number of fused-ring (bicyclic) bond motifs is 1. The second kappa shape index (κ2) is 8.92. The lowest BCUT2D eigenvalue weighted by Crippen LogP contribution is -2.22. The van der Waals surface area contributed by atoms with Crippen molar-refractivity contribution in [2.45, 2.75) is 6.54 Å². The topological polar surface area (TPSA) is 59.6 Å². The number of methoxy groups -OCH3 is 1. The van der Waals surface area contributed by atoms with Crippen LogP contribution >= 0.6 is 35.6 Å². The highest BCUT2D eigenvalue weighted by Crippen LogP contribution is 2.27. The van der Waals surface area contributed by atoms with E-state index in [-0.39, 0.29) is 24.0 Å². The summed E-state index contributed by atoms with van der Waals surface area (Å²) in [4.78, 5) is 4.42. The molecule has 130 valence electrons. The molecule has 0 saturated heterocycles. The van der Waals surface area contributed by atoms with Crippen molar-refractivity contribution in [1.29, 1.82) is 0 Å². The van der Waals surface area contributed by atoms with E-state index < -0.39 is 0 Å². The van der Waals surface area contributed by atoms with Crippen molar-refractivity contribution in [3.8, 4) is 5.75 Å². The van der Waals surface area contributed by atoms with Gasteiger partial charge >= 0.3 is 0 Å². The van der Waals surface area contributed by atoms with Crippen LogP contribution in [-0.4, -0.2) is 13.1 Å². The zero-order valence-corrected chi connectivity index (χ0v) is 16.8. The molecule has 3 aromatic carbocycles. The van der Waals surface area contributed by atoms with Crippen LogP contribution in [0, 0.1) is 0 Å². The van der Waals surface area contributed by atoms with Crippen LogP contribution in [0.15, 0.2) is 65.7 Å². The number of aliphatic imine (C=N–C) groups is 1. The summed E-state index contributed by atoms with van der Waals surface area (Å²) in [6.07, 6.45) is 0. The molecule has 0 spiro atoms. The molecular formula is C19H19ClIN3O. The summed E-state index contributed by atoms with van der Waals surface area (Å²) in [7, 11) is 1.58. The van der Waals surface area contributed by atoms with E-state index in [9.17, 15) is 0 Å². The predicted molar refractivity (Wildman–Crippen MR) is 116 cm³/mol. The first-order valence-electron chi connectivity index (χ1n) is 7.54. The Morgan fingerprint density at radius 2 is 1.88 bits per heavy atom. The molecular weight excluding hydrogens is 449 g/mol. The number of nitrogens with zero attached hydrogens (tertiary/aromatic N) is 1. The first kappa shape index (κ1) is 19.3. The fraction of sp³-hybridized carbons (Fsp3) is 0.105. The van der Waals surface area contributed by atoms with E-state index >= 15 is 0 Å². The Labute approximate surface area is 169 Å². The molecule has 0 aliphatic carbocycles.